The molecular weight excluding hydrogens is 367 g/mol. The summed E-state index contributed by atoms with van der Waals surface area (Å²) in [6.07, 6.45) is 3.94. The number of hydrogen-bond acceptors (Lipinski definition) is 3. The smallest absolute Gasteiger partial charge is 0.255 e. The fourth-order valence-corrected chi connectivity index (χ4v) is 4.24. The predicted octanol–water partition coefficient (Wildman–Crippen LogP) is 3.52. The second-order valence-electron chi connectivity index (χ2n) is 7.66. The molecule has 0 atom stereocenters. The highest BCUT2D eigenvalue weighted by Crippen LogP contribution is 2.31. The van der Waals surface area contributed by atoms with Crippen LogP contribution in [0, 0.1) is 5.82 Å². The molecule has 0 fully saturated rings. The first-order valence-corrected chi connectivity index (χ1v) is 9.65. The monoisotopic (exact) mass is 388 g/mol. The summed E-state index contributed by atoms with van der Waals surface area (Å²) in [5.74, 6) is -0.396. The molecule has 0 bridgehead atoms. The molecule has 3 aromatic heterocycles. The largest absolute Gasteiger partial charge is 0.347 e. The van der Waals surface area contributed by atoms with Gasteiger partial charge in [-0.1, -0.05) is 6.07 Å². The fraction of sp³-hybridized carbons (Fsp3) is 0.217. The predicted molar refractivity (Wildman–Crippen MR) is 112 cm³/mol. The highest BCUT2D eigenvalue weighted by molar-refractivity contribution is 5.87. The van der Waals surface area contributed by atoms with Crippen LogP contribution in [0.2, 0.25) is 0 Å². The maximum atomic E-state index is 13.1. The number of hydrogen-bond donors (Lipinski definition) is 0. The van der Waals surface area contributed by atoms with Crippen LogP contribution in [0.25, 0.3) is 27.8 Å². The zero-order valence-electron chi connectivity index (χ0n) is 16.4. The first kappa shape index (κ1) is 17.8. The second kappa shape index (κ2) is 6.67. The Kier molecular flexibility index (Phi) is 4.10. The van der Waals surface area contributed by atoms with Crippen molar-refractivity contribution in [2.75, 3.05) is 13.6 Å². The van der Waals surface area contributed by atoms with Gasteiger partial charge in [0.25, 0.3) is 5.56 Å². The number of nitrogens with zero attached hydrogens (tertiary/aromatic N) is 4. The van der Waals surface area contributed by atoms with E-state index in [2.05, 4.69) is 40.7 Å². The molecule has 1 aromatic carbocycles. The van der Waals surface area contributed by atoms with Gasteiger partial charge < -0.3 is 9.47 Å². The minimum absolute atomic E-state index is 0.147. The van der Waals surface area contributed by atoms with E-state index in [1.165, 1.54) is 28.8 Å². The van der Waals surface area contributed by atoms with Crippen LogP contribution < -0.4 is 5.56 Å². The molecule has 0 saturated carbocycles. The third-order valence-corrected chi connectivity index (χ3v) is 5.80. The Bertz CT molecular complexity index is 1290. The number of halogens is 1. The zero-order valence-corrected chi connectivity index (χ0v) is 16.4. The van der Waals surface area contributed by atoms with Gasteiger partial charge in [0.15, 0.2) is 0 Å². The maximum Gasteiger partial charge on any atom is 0.255 e. The second-order valence-corrected chi connectivity index (χ2v) is 7.66. The van der Waals surface area contributed by atoms with Gasteiger partial charge in [0.05, 0.1) is 23.1 Å². The lowest BCUT2D eigenvalue weighted by Crippen LogP contribution is -2.26. The molecule has 1 aliphatic heterocycles. The summed E-state index contributed by atoms with van der Waals surface area (Å²) in [4.78, 5) is 19.2. The lowest BCUT2D eigenvalue weighted by atomic mass is 10.0. The first-order chi connectivity index (χ1) is 14.0. The van der Waals surface area contributed by atoms with E-state index in [0.29, 0.717) is 11.3 Å². The van der Waals surface area contributed by atoms with Crippen LogP contribution in [0.4, 0.5) is 4.39 Å². The summed E-state index contributed by atoms with van der Waals surface area (Å²) in [7, 11) is 4.25. The van der Waals surface area contributed by atoms with Crippen molar-refractivity contribution in [3.05, 3.63) is 82.3 Å². The van der Waals surface area contributed by atoms with Crippen LogP contribution >= 0.6 is 0 Å². The van der Waals surface area contributed by atoms with Crippen molar-refractivity contribution in [3.8, 4) is 16.9 Å². The van der Waals surface area contributed by atoms with Gasteiger partial charge in [-0.2, -0.15) is 0 Å². The van der Waals surface area contributed by atoms with Crippen LogP contribution in [0.5, 0.6) is 0 Å². The van der Waals surface area contributed by atoms with E-state index in [0.717, 1.165) is 36.9 Å². The van der Waals surface area contributed by atoms with Crippen molar-refractivity contribution in [2.24, 2.45) is 7.05 Å². The summed E-state index contributed by atoms with van der Waals surface area (Å²) < 4.78 is 17.0. The molecule has 1 aliphatic rings. The Morgan fingerprint density at radius 2 is 1.93 bits per heavy atom. The van der Waals surface area contributed by atoms with Crippen LogP contribution in [0.1, 0.15) is 11.3 Å². The maximum absolute atomic E-state index is 13.1. The minimum atomic E-state index is -0.396. The van der Waals surface area contributed by atoms with Crippen molar-refractivity contribution in [3.63, 3.8) is 0 Å². The molecule has 0 unspecified atom stereocenters. The molecule has 6 heteroatoms. The molecule has 0 radical (unpaired) electrons. The summed E-state index contributed by atoms with van der Waals surface area (Å²) >= 11 is 0. The zero-order chi connectivity index (χ0) is 20.1. The summed E-state index contributed by atoms with van der Waals surface area (Å²) in [6.45, 7) is 2.01. The lowest BCUT2D eigenvalue weighted by molar-refractivity contribution is 0.310. The van der Waals surface area contributed by atoms with E-state index in [-0.39, 0.29) is 5.56 Å². The van der Waals surface area contributed by atoms with E-state index in [4.69, 9.17) is 0 Å². The van der Waals surface area contributed by atoms with E-state index < -0.39 is 5.82 Å². The number of aromatic nitrogens is 3. The molecule has 0 saturated heterocycles. The number of benzene rings is 1. The van der Waals surface area contributed by atoms with Crippen molar-refractivity contribution in [1.29, 1.82) is 0 Å². The third kappa shape index (κ3) is 2.96. The number of fused-ring (bicyclic) bond motifs is 3. The van der Waals surface area contributed by atoms with Gasteiger partial charge in [0.2, 0.25) is 0 Å². The highest BCUT2D eigenvalue weighted by atomic mass is 19.1. The van der Waals surface area contributed by atoms with Crippen molar-refractivity contribution in [2.45, 2.75) is 13.0 Å². The first-order valence-electron chi connectivity index (χ1n) is 9.65. The van der Waals surface area contributed by atoms with Gasteiger partial charge in [-0.25, -0.2) is 4.39 Å². The molecule has 5 nitrogen and oxygen atoms in total. The van der Waals surface area contributed by atoms with E-state index in [1.54, 1.807) is 16.8 Å². The number of aryl methyl sites for hydroxylation is 1. The average molecular weight is 388 g/mol. The number of pyridine rings is 2. The van der Waals surface area contributed by atoms with E-state index in [1.807, 2.05) is 12.1 Å². The topological polar surface area (TPSA) is 43.1 Å². The molecule has 5 rings (SSSR count). The van der Waals surface area contributed by atoms with E-state index in [9.17, 15) is 9.18 Å². The third-order valence-electron chi connectivity index (χ3n) is 5.80. The lowest BCUT2D eigenvalue weighted by Gasteiger charge is -2.23. The average Bonchev–Trinajstić information content (AvgIpc) is 2.99. The molecular formula is C23H21FN4O. The molecule has 4 heterocycles. The van der Waals surface area contributed by atoms with Gasteiger partial charge in [-0.05, 0) is 42.9 Å². The Hall–Kier alpha value is -3.25. The van der Waals surface area contributed by atoms with E-state index >= 15 is 0 Å². The van der Waals surface area contributed by atoms with Crippen LogP contribution in [-0.2, 0) is 20.0 Å². The van der Waals surface area contributed by atoms with Gasteiger partial charge in [-0.15, -0.1) is 0 Å². The van der Waals surface area contributed by atoms with Crippen molar-refractivity contribution >= 4 is 10.9 Å². The summed E-state index contributed by atoms with van der Waals surface area (Å²) in [6, 6.07) is 12.5. The number of rotatable bonds is 2. The Morgan fingerprint density at radius 3 is 2.69 bits per heavy atom. The summed E-state index contributed by atoms with van der Waals surface area (Å²) in [5.41, 5.74) is 5.82. The van der Waals surface area contributed by atoms with Gasteiger partial charge in [0, 0.05) is 55.5 Å². The Morgan fingerprint density at radius 1 is 1.07 bits per heavy atom. The number of likely N-dealkylation sites (N-methyl/N-ethyl adjacent to an activating group) is 1. The normalized spacial score (nSPS) is 14.3. The molecule has 4 aromatic rings. The fourth-order valence-electron chi connectivity index (χ4n) is 4.24. The van der Waals surface area contributed by atoms with Crippen molar-refractivity contribution < 1.29 is 4.39 Å². The SMILES string of the molecule is CN1CCc2c(c3ccc(-n4ccc(-c5ccc(F)cn5)cc4=O)cc3n2C)C1. The quantitative estimate of drug-likeness (QED) is 0.528. The van der Waals surface area contributed by atoms with Crippen LogP contribution in [0.3, 0.4) is 0 Å². The van der Waals surface area contributed by atoms with Crippen LogP contribution in [0.15, 0.2) is 59.7 Å². The Balaban J connectivity index is 1.58. The van der Waals surface area contributed by atoms with Gasteiger partial charge in [0.1, 0.15) is 5.82 Å². The van der Waals surface area contributed by atoms with Gasteiger partial charge >= 0.3 is 0 Å². The van der Waals surface area contributed by atoms with Crippen LogP contribution in [-0.4, -0.2) is 32.6 Å². The molecule has 0 amide bonds. The summed E-state index contributed by atoms with van der Waals surface area (Å²) in [5, 5.41) is 1.25. The molecule has 0 N–H and O–H groups in total. The molecule has 146 valence electrons. The standard InChI is InChI=1S/C23H21FN4O/c1-26-9-8-21-19(14-26)18-5-4-17(12-22(18)27(21)2)28-10-7-15(11-23(28)29)20-6-3-16(24)13-25-20/h3-7,10-13H,8-9,14H2,1-2H3. The highest BCUT2D eigenvalue weighted by Gasteiger charge is 2.21. The Labute approximate surface area is 167 Å². The molecule has 0 aliphatic carbocycles. The minimum Gasteiger partial charge on any atom is -0.347 e. The van der Waals surface area contributed by atoms with Gasteiger partial charge in [-0.3, -0.25) is 14.3 Å². The molecule has 0 spiro atoms. The van der Waals surface area contributed by atoms with Crippen molar-refractivity contribution in [1.82, 2.24) is 19.0 Å². The molecule has 29 heavy (non-hydrogen) atoms.